The van der Waals surface area contributed by atoms with Crippen LogP contribution < -0.4 is 5.56 Å². The molecule has 0 saturated heterocycles. The van der Waals surface area contributed by atoms with Crippen molar-refractivity contribution in [1.82, 2.24) is 4.98 Å². The molecule has 3 heteroatoms. The third-order valence-electron chi connectivity index (χ3n) is 2.82. The molecule has 1 heterocycles. The van der Waals surface area contributed by atoms with E-state index in [9.17, 15) is 9.18 Å². The molecule has 0 atom stereocenters. The molecule has 0 spiro atoms. The SMILES string of the molecule is CCc1cc(C)c(=O)[nH]c1-c1ccc(F)cc1. The minimum atomic E-state index is -0.277. The van der Waals surface area contributed by atoms with Crippen molar-refractivity contribution in [2.75, 3.05) is 0 Å². The van der Waals surface area contributed by atoms with Crippen LogP contribution in [0.2, 0.25) is 0 Å². The van der Waals surface area contributed by atoms with E-state index in [0.717, 1.165) is 23.2 Å². The fourth-order valence-corrected chi connectivity index (χ4v) is 1.84. The molecule has 2 rings (SSSR count). The molecule has 0 aliphatic heterocycles. The normalized spacial score (nSPS) is 10.5. The molecular weight excluding hydrogens is 217 g/mol. The van der Waals surface area contributed by atoms with E-state index in [1.165, 1.54) is 12.1 Å². The lowest BCUT2D eigenvalue weighted by Crippen LogP contribution is -2.12. The number of aromatic nitrogens is 1. The van der Waals surface area contributed by atoms with Gasteiger partial charge in [0, 0.05) is 5.56 Å². The zero-order chi connectivity index (χ0) is 12.4. The van der Waals surface area contributed by atoms with Gasteiger partial charge in [0.1, 0.15) is 5.82 Å². The molecule has 0 unspecified atom stereocenters. The number of aromatic amines is 1. The maximum absolute atomic E-state index is 12.9. The van der Waals surface area contributed by atoms with Crippen molar-refractivity contribution >= 4 is 0 Å². The van der Waals surface area contributed by atoms with E-state index in [4.69, 9.17) is 0 Å². The number of halogens is 1. The van der Waals surface area contributed by atoms with E-state index in [-0.39, 0.29) is 11.4 Å². The Morgan fingerprint density at radius 3 is 2.47 bits per heavy atom. The van der Waals surface area contributed by atoms with Gasteiger partial charge < -0.3 is 4.98 Å². The zero-order valence-corrected chi connectivity index (χ0v) is 9.88. The standard InChI is InChI=1S/C14H14FNO/c1-3-10-8-9(2)14(17)16-13(10)11-4-6-12(15)7-5-11/h4-8H,3H2,1-2H3,(H,16,17). The van der Waals surface area contributed by atoms with E-state index in [1.54, 1.807) is 19.1 Å². The number of benzene rings is 1. The second-order valence-electron chi connectivity index (χ2n) is 4.04. The highest BCUT2D eigenvalue weighted by atomic mass is 19.1. The number of aryl methyl sites for hydroxylation is 2. The Balaban J connectivity index is 2.62. The fraction of sp³-hybridized carbons (Fsp3) is 0.214. The van der Waals surface area contributed by atoms with Gasteiger partial charge in [-0.1, -0.05) is 6.92 Å². The number of rotatable bonds is 2. The summed E-state index contributed by atoms with van der Waals surface area (Å²) in [7, 11) is 0. The summed E-state index contributed by atoms with van der Waals surface area (Å²) in [6.45, 7) is 3.81. The molecule has 0 aliphatic carbocycles. The predicted octanol–water partition coefficient (Wildman–Crippen LogP) is 3.05. The Kier molecular flexibility index (Phi) is 3.09. The van der Waals surface area contributed by atoms with Crippen molar-refractivity contribution in [2.45, 2.75) is 20.3 Å². The van der Waals surface area contributed by atoms with E-state index < -0.39 is 0 Å². The van der Waals surface area contributed by atoms with E-state index >= 15 is 0 Å². The summed E-state index contributed by atoms with van der Waals surface area (Å²) in [6, 6.07) is 8.03. The molecule has 2 nitrogen and oxygen atoms in total. The van der Waals surface area contributed by atoms with Crippen LogP contribution in [-0.4, -0.2) is 4.98 Å². The number of pyridine rings is 1. The van der Waals surface area contributed by atoms with Gasteiger partial charge in [-0.25, -0.2) is 4.39 Å². The first kappa shape index (κ1) is 11.6. The first-order valence-electron chi connectivity index (χ1n) is 5.60. The fourth-order valence-electron chi connectivity index (χ4n) is 1.84. The van der Waals surface area contributed by atoms with Crippen molar-refractivity contribution in [3.8, 4) is 11.3 Å². The van der Waals surface area contributed by atoms with Crippen LogP contribution in [0.3, 0.4) is 0 Å². The van der Waals surface area contributed by atoms with E-state index in [0.29, 0.717) is 5.56 Å². The Labute approximate surface area is 99.1 Å². The zero-order valence-electron chi connectivity index (χ0n) is 9.88. The Bertz CT molecular complexity index is 584. The third kappa shape index (κ3) is 2.28. The molecular formula is C14H14FNO. The molecule has 1 aromatic carbocycles. The molecule has 0 bridgehead atoms. The minimum Gasteiger partial charge on any atom is -0.321 e. The maximum Gasteiger partial charge on any atom is 0.251 e. The van der Waals surface area contributed by atoms with Crippen LogP contribution in [0.5, 0.6) is 0 Å². The van der Waals surface area contributed by atoms with Crippen LogP contribution in [-0.2, 0) is 6.42 Å². The Hall–Kier alpha value is -1.90. The molecule has 0 aliphatic rings. The highest BCUT2D eigenvalue weighted by molar-refractivity contribution is 5.63. The van der Waals surface area contributed by atoms with Crippen molar-refractivity contribution in [3.63, 3.8) is 0 Å². The van der Waals surface area contributed by atoms with E-state index in [1.807, 2.05) is 13.0 Å². The van der Waals surface area contributed by atoms with Gasteiger partial charge in [-0.2, -0.15) is 0 Å². The third-order valence-corrected chi connectivity index (χ3v) is 2.82. The van der Waals surface area contributed by atoms with Gasteiger partial charge in [0.15, 0.2) is 0 Å². The average molecular weight is 231 g/mol. The van der Waals surface area contributed by atoms with E-state index in [2.05, 4.69) is 4.98 Å². The minimum absolute atomic E-state index is 0.0958. The van der Waals surface area contributed by atoms with Gasteiger partial charge in [-0.05, 0) is 54.8 Å². The first-order valence-corrected chi connectivity index (χ1v) is 5.60. The maximum atomic E-state index is 12.9. The van der Waals surface area contributed by atoms with Gasteiger partial charge >= 0.3 is 0 Å². The van der Waals surface area contributed by atoms with Crippen LogP contribution in [0.25, 0.3) is 11.3 Å². The predicted molar refractivity (Wildman–Crippen MR) is 66.6 cm³/mol. The summed E-state index contributed by atoms with van der Waals surface area (Å²) in [5.41, 5.74) is 3.28. The Morgan fingerprint density at radius 2 is 1.88 bits per heavy atom. The van der Waals surface area contributed by atoms with Crippen LogP contribution in [0.15, 0.2) is 35.1 Å². The number of H-pyrrole nitrogens is 1. The van der Waals surface area contributed by atoms with Gasteiger partial charge in [-0.15, -0.1) is 0 Å². The van der Waals surface area contributed by atoms with Crippen molar-refractivity contribution in [2.24, 2.45) is 0 Å². The molecule has 0 radical (unpaired) electrons. The molecule has 0 fully saturated rings. The number of hydrogen-bond donors (Lipinski definition) is 1. The van der Waals surface area contributed by atoms with Crippen molar-refractivity contribution in [1.29, 1.82) is 0 Å². The first-order chi connectivity index (χ1) is 8.11. The number of nitrogens with one attached hydrogen (secondary N) is 1. The highest BCUT2D eigenvalue weighted by Gasteiger charge is 2.07. The summed E-state index contributed by atoms with van der Waals surface area (Å²) >= 11 is 0. The lowest BCUT2D eigenvalue weighted by atomic mass is 10.0. The van der Waals surface area contributed by atoms with Crippen molar-refractivity contribution < 1.29 is 4.39 Å². The van der Waals surface area contributed by atoms with Crippen LogP contribution in [0.4, 0.5) is 4.39 Å². The van der Waals surface area contributed by atoms with Gasteiger partial charge in [0.05, 0.1) is 5.69 Å². The summed E-state index contributed by atoms with van der Waals surface area (Å²) < 4.78 is 12.9. The van der Waals surface area contributed by atoms with Gasteiger partial charge in [-0.3, -0.25) is 4.79 Å². The topological polar surface area (TPSA) is 32.9 Å². The van der Waals surface area contributed by atoms with Crippen molar-refractivity contribution in [3.05, 3.63) is 57.6 Å². The van der Waals surface area contributed by atoms with Gasteiger partial charge in [0.25, 0.3) is 5.56 Å². The smallest absolute Gasteiger partial charge is 0.251 e. The molecule has 2 aromatic rings. The molecule has 0 amide bonds. The lowest BCUT2D eigenvalue weighted by Gasteiger charge is -2.08. The summed E-state index contributed by atoms with van der Waals surface area (Å²) in [4.78, 5) is 14.5. The molecule has 88 valence electrons. The summed E-state index contributed by atoms with van der Waals surface area (Å²) in [5, 5.41) is 0. The number of hydrogen-bond acceptors (Lipinski definition) is 1. The quantitative estimate of drug-likeness (QED) is 0.846. The molecule has 17 heavy (non-hydrogen) atoms. The van der Waals surface area contributed by atoms with Gasteiger partial charge in [0.2, 0.25) is 0 Å². The monoisotopic (exact) mass is 231 g/mol. The van der Waals surface area contributed by atoms with Crippen LogP contribution >= 0.6 is 0 Å². The largest absolute Gasteiger partial charge is 0.321 e. The second-order valence-corrected chi connectivity index (χ2v) is 4.04. The second kappa shape index (κ2) is 4.53. The lowest BCUT2D eigenvalue weighted by molar-refractivity contribution is 0.628. The Morgan fingerprint density at radius 1 is 1.24 bits per heavy atom. The van der Waals surface area contributed by atoms with Crippen LogP contribution in [0, 0.1) is 12.7 Å². The average Bonchev–Trinajstić information content (AvgIpc) is 2.33. The molecule has 1 aromatic heterocycles. The van der Waals surface area contributed by atoms with Crippen LogP contribution in [0.1, 0.15) is 18.1 Å². The highest BCUT2D eigenvalue weighted by Crippen LogP contribution is 2.21. The summed E-state index contributed by atoms with van der Waals surface area (Å²) in [5.74, 6) is -0.277. The summed E-state index contributed by atoms with van der Waals surface area (Å²) in [6.07, 6.45) is 0.824. The molecule has 1 N–H and O–H groups in total. The molecule has 0 saturated carbocycles.